The van der Waals surface area contributed by atoms with Crippen molar-refractivity contribution in [1.82, 2.24) is 20.1 Å². The number of nitrogens with zero attached hydrogens (tertiary/aromatic N) is 3. The fourth-order valence-corrected chi connectivity index (χ4v) is 5.37. The summed E-state index contributed by atoms with van der Waals surface area (Å²) in [6.07, 6.45) is 0. The molecule has 0 saturated carbocycles. The normalized spacial score (nSPS) is 12.9. The summed E-state index contributed by atoms with van der Waals surface area (Å²) in [6, 6.07) is 21.6. The minimum atomic E-state index is -0.131. The maximum absolute atomic E-state index is 13.1. The Morgan fingerprint density at radius 3 is 2.68 bits per heavy atom. The number of rotatable bonds is 10. The highest BCUT2D eigenvalue weighted by atomic mass is 32.2. The minimum Gasteiger partial charge on any atom is -0.454 e. The molecule has 1 atom stereocenters. The molecule has 1 aromatic heterocycles. The van der Waals surface area contributed by atoms with Crippen molar-refractivity contribution in [1.29, 1.82) is 0 Å². The molecule has 1 amide bonds. The summed E-state index contributed by atoms with van der Waals surface area (Å²) >= 11 is 1.56. The lowest BCUT2D eigenvalue weighted by molar-refractivity contribution is 0.0950. The Labute approximate surface area is 226 Å². The van der Waals surface area contributed by atoms with E-state index in [1.165, 1.54) is 5.56 Å². The summed E-state index contributed by atoms with van der Waals surface area (Å²) in [5.74, 6) is 2.66. The van der Waals surface area contributed by atoms with Crippen LogP contribution in [0.3, 0.4) is 0 Å². The lowest BCUT2D eigenvalue weighted by atomic mass is 10.1. The van der Waals surface area contributed by atoms with Crippen LogP contribution >= 0.6 is 11.8 Å². The number of benzene rings is 3. The molecule has 38 heavy (non-hydrogen) atoms. The summed E-state index contributed by atoms with van der Waals surface area (Å²) in [5, 5.41) is 12.8. The van der Waals surface area contributed by atoms with Gasteiger partial charge in [-0.2, -0.15) is 0 Å². The van der Waals surface area contributed by atoms with Gasteiger partial charge in [0.2, 0.25) is 6.79 Å². The predicted molar refractivity (Wildman–Crippen MR) is 147 cm³/mol. The van der Waals surface area contributed by atoms with E-state index in [1.807, 2.05) is 42.5 Å². The molecule has 4 aromatic rings. The Hall–Kier alpha value is -3.82. The standard InChI is InChI=1S/C29H30N4O4S/c1-19-8-11-22(12-9-19)27-31-32-29(33(27)20(2)16-35-3)38-17-23-6-4-5-7-24(23)28(34)30-15-21-10-13-25-26(14-21)37-18-36-25/h4-14,20H,15-18H2,1-3H3,(H,30,34)/t20-/m0/s1. The first-order chi connectivity index (χ1) is 18.5. The molecule has 9 heteroatoms. The SMILES string of the molecule is COC[C@H](C)n1c(SCc2ccccc2C(=O)NCc2ccc3c(c2)OCO3)nnc1-c1ccc(C)cc1. The van der Waals surface area contributed by atoms with E-state index in [9.17, 15) is 4.79 Å². The largest absolute Gasteiger partial charge is 0.454 e. The monoisotopic (exact) mass is 530 g/mol. The first-order valence-electron chi connectivity index (χ1n) is 12.4. The highest BCUT2D eigenvalue weighted by Crippen LogP contribution is 2.33. The lowest BCUT2D eigenvalue weighted by Gasteiger charge is -2.17. The molecule has 0 fully saturated rings. The van der Waals surface area contributed by atoms with Crippen molar-refractivity contribution in [3.05, 3.63) is 89.0 Å². The Kier molecular flexibility index (Phi) is 7.95. The van der Waals surface area contributed by atoms with Gasteiger partial charge in [-0.3, -0.25) is 9.36 Å². The van der Waals surface area contributed by atoms with Gasteiger partial charge in [0.05, 0.1) is 12.6 Å². The smallest absolute Gasteiger partial charge is 0.251 e. The molecule has 0 aliphatic carbocycles. The first kappa shape index (κ1) is 25.8. The number of ether oxygens (including phenoxy) is 3. The van der Waals surface area contributed by atoms with Crippen LogP contribution in [0.25, 0.3) is 11.4 Å². The highest BCUT2D eigenvalue weighted by molar-refractivity contribution is 7.98. The predicted octanol–water partition coefficient (Wildman–Crippen LogP) is 5.41. The molecule has 1 aliphatic heterocycles. The summed E-state index contributed by atoms with van der Waals surface area (Å²) in [4.78, 5) is 13.1. The number of amides is 1. The van der Waals surface area contributed by atoms with E-state index in [-0.39, 0.29) is 18.7 Å². The molecular formula is C29H30N4O4S. The average Bonchev–Trinajstić information content (AvgIpc) is 3.58. The summed E-state index contributed by atoms with van der Waals surface area (Å²) in [7, 11) is 1.69. The van der Waals surface area contributed by atoms with Gasteiger partial charge < -0.3 is 19.5 Å². The molecule has 0 spiro atoms. The van der Waals surface area contributed by atoms with Crippen molar-refractivity contribution in [3.8, 4) is 22.9 Å². The Bertz CT molecular complexity index is 1420. The maximum Gasteiger partial charge on any atom is 0.251 e. The number of methoxy groups -OCH3 is 1. The van der Waals surface area contributed by atoms with Gasteiger partial charge in [-0.15, -0.1) is 10.2 Å². The van der Waals surface area contributed by atoms with Crippen LogP contribution in [0, 0.1) is 6.92 Å². The third kappa shape index (κ3) is 5.69. The molecule has 0 unspecified atom stereocenters. The summed E-state index contributed by atoms with van der Waals surface area (Å²) in [5.41, 5.74) is 4.69. The van der Waals surface area contributed by atoms with E-state index in [0.717, 1.165) is 33.4 Å². The maximum atomic E-state index is 13.1. The molecule has 0 saturated heterocycles. The molecular weight excluding hydrogens is 500 g/mol. The van der Waals surface area contributed by atoms with Crippen molar-refractivity contribution >= 4 is 17.7 Å². The molecule has 0 radical (unpaired) electrons. The number of hydrogen-bond donors (Lipinski definition) is 1. The topological polar surface area (TPSA) is 87.5 Å². The minimum absolute atomic E-state index is 0.0362. The number of aromatic nitrogens is 3. The second-order valence-electron chi connectivity index (χ2n) is 9.16. The van der Waals surface area contributed by atoms with Gasteiger partial charge in [-0.1, -0.05) is 65.9 Å². The van der Waals surface area contributed by atoms with Crippen molar-refractivity contribution in [2.45, 2.75) is 37.3 Å². The Morgan fingerprint density at radius 1 is 1.08 bits per heavy atom. The van der Waals surface area contributed by atoms with Gasteiger partial charge in [0.15, 0.2) is 22.5 Å². The van der Waals surface area contributed by atoms with Crippen molar-refractivity contribution in [3.63, 3.8) is 0 Å². The lowest BCUT2D eigenvalue weighted by Crippen LogP contribution is -2.23. The molecule has 1 aliphatic rings. The first-order valence-corrected chi connectivity index (χ1v) is 13.4. The van der Waals surface area contributed by atoms with Crippen molar-refractivity contribution in [2.75, 3.05) is 20.5 Å². The Balaban J connectivity index is 1.31. The molecule has 1 N–H and O–H groups in total. The van der Waals surface area contributed by atoms with Crippen LogP contribution in [-0.2, 0) is 17.0 Å². The van der Waals surface area contributed by atoms with Gasteiger partial charge in [0.25, 0.3) is 5.91 Å². The van der Waals surface area contributed by atoms with Crippen LogP contribution in [0.4, 0.5) is 0 Å². The second-order valence-corrected chi connectivity index (χ2v) is 10.1. The van der Waals surface area contributed by atoms with E-state index in [1.54, 1.807) is 18.9 Å². The third-order valence-electron chi connectivity index (χ3n) is 6.33. The van der Waals surface area contributed by atoms with E-state index >= 15 is 0 Å². The number of carbonyl (C=O) groups excluding carboxylic acids is 1. The number of nitrogens with one attached hydrogen (secondary N) is 1. The van der Waals surface area contributed by atoms with Gasteiger partial charge in [0.1, 0.15) is 0 Å². The van der Waals surface area contributed by atoms with Crippen LogP contribution in [0.1, 0.15) is 40.0 Å². The van der Waals surface area contributed by atoms with Gasteiger partial charge in [-0.05, 0) is 43.2 Å². The zero-order valence-corrected chi connectivity index (χ0v) is 22.5. The van der Waals surface area contributed by atoms with Crippen LogP contribution in [0.5, 0.6) is 11.5 Å². The number of aryl methyl sites for hydroxylation is 1. The van der Waals surface area contributed by atoms with Gasteiger partial charge >= 0.3 is 0 Å². The fraction of sp³-hybridized carbons (Fsp3) is 0.276. The molecule has 2 heterocycles. The van der Waals surface area contributed by atoms with E-state index < -0.39 is 0 Å². The Morgan fingerprint density at radius 2 is 1.87 bits per heavy atom. The highest BCUT2D eigenvalue weighted by Gasteiger charge is 2.21. The van der Waals surface area contributed by atoms with Gasteiger partial charge in [-0.25, -0.2) is 0 Å². The molecule has 3 aromatic carbocycles. The number of hydrogen-bond acceptors (Lipinski definition) is 7. The van der Waals surface area contributed by atoms with Crippen molar-refractivity contribution < 1.29 is 19.0 Å². The average molecular weight is 531 g/mol. The van der Waals surface area contributed by atoms with Crippen LogP contribution in [0.15, 0.2) is 71.9 Å². The molecule has 5 rings (SSSR count). The number of carbonyl (C=O) groups is 1. The van der Waals surface area contributed by atoms with Gasteiger partial charge in [0, 0.05) is 30.5 Å². The molecule has 196 valence electrons. The summed E-state index contributed by atoms with van der Waals surface area (Å²) in [6.45, 7) is 5.29. The molecule has 0 bridgehead atoms. The van der Waals surface area contributed by atoms with Crippen LogP contribution in [-0.4, -0.2) is 41.2 Å². The van der Waals surface area contributed by atoms with E-state index in [0.29, 0.717) is 30.2 Å². The number of fused-ring (bicyclic) bond motifs is 1. The van der Waals surface area contributed by atoms with E-state index in [4.69, 9.17) is 14.2 Å². The van der Waals surface area contributed by atoms with E-state index in [2.05, 4.69) is 58.2 Å². The molecule has 8 nitrogen and oxygen atoms in total. The van der Waals surface area contributed by atoms with Crippen LogP contribution < -0.4 is 14.8 Å². The summed E-state index contributed by atoms with van der Waals surface area (Å²) < 4.78 is 18.4. The van der Waals surface area contributed by atoms with Crippen molar-refractivity contribution in [2.24, 2.45) is 0 Å². The number of thioether (sulfide) groups is 1. The third-order valence-corrected chi connectivity index (χ3v) is 7.32. The second kappa shape index (κ2) is 11.7. The zero-order chi connectivity index (χ0) is 26.5. The quantitative estimate of drug-likeness (QED) is 0.274. The fourth-order valence-electron chi connectivity index (χ4n) is 4.33. The zero-order valence-electron chi connectivity index (χ0n) is 21.6. The van der Waals surface area contributed by atoms with Crippen LogP contribution in [0.2, 0.25) is 0 Å².